The first-order valence-corrected chi connectivity index (χ1v) is 3.82. The summed E-state index contributed by atoms with van der Waals surface area (Å²) in [5, 5.41) is 16.9. The lowest BCUT2D eigenvalue weighted by molar-refractivity contribution is -0.141. The van der Waals surface area contributed by atoms with Crippen molar-refractivity contribution >= 4 is 11.9 Å². The van der Waals surface area contributed by atoms with Crippen LogP contribution in [-0.4, -0.2) is 34.2 Å². The third kappa shape index (κ3) is 5.15. The zero-order valence-corrected chi connectivity index (χ0v) is 7.19. The van der Waals surface area contributed by atoms with E-state index in [0.717, 1.165) is 0 Å². The number of nitrogens with two attached hydrogens (primary N) is 2. The van der Waals surface area contributed by atoms with E-state index in [4.69, 9.17) is 21.7 Å². The Labute approximate surface area is 75.5 Å². The highest BCUT2D eigenvalue weighted by atomic mass is 16.4. The average molecular weight is 190 g/mol. The molecule has 0 aliphatic rings. The van der Waals surface area contributed by atoms with Crippen molar-refractivity contribution < 1.29 is 19.8 Å². The van der Waals surface area contributed by atoms with Gasteiger partial charge in [0.15, 0.2) is 0 Å². The van der Waals surface area contributed by atoms with E-state index in [9.17, 15) is 9.59 Å². The summed E-state index contributed by atoms with van der Waals surface area (Å²) in [5.41, 5.74) is 9.54. The quantitative estimate of drug-likeness (QED) is 0.424. The monoisotopic (exact) mass is 190 g/mol. The van der Waals surface area contributed by atoms with Gasteiger partial charge in [0, 0.05) is 5.54 Å². The third-order valence-corrected chi connectivity index (χ3v) is 1.65. The highest BCUT2D eigenvalue weighted by Crippen LogP contribution is 2.16. The second-order valence-electron chi connectivity index (χ2n) is 3.04. The number of hydrogen-bond donors (Lipinski definition) is 4. The Morgan fingerprint density at radius 2 is 1.54 bits per heavy atom. The van der Waals surface area contributed by atoms with Gasteiger partial charge in [0.25, 0.3) is 0 Å². The molecule has 0 aromatic heterocycles. The predicted octanol–water partition coefficient (Wildman–Crippen LogP) is -1.02. The van der Waals surface area contributed by atoms with Crippen LogP contribution in [0.25, 0.3) is 0 Å². The Hall–Kier alpha value is -1.14. The van der Waals surface area contributed by atoms with Gasteiger partial charge in [-0.2, -0.15) is 0 Å². The van der Waals surface area contributed by atoms with Crippen LogP contribution in [0.1, 0.15) is 19.3 Å². The van der Waals surface area contributed by atoms with Crippen LogP contribution >= 0.6 is 0 Å². The number of aliphatic carboxylic acids is 2. The van der Waals surface area contributed by atoms with Crippen LogP contribution in [-0.2, 0) is 9.59 Å². The molecule has 0 heterocycles. The fourth-order valence-electron chi connectivity index (χ4n) is 1.13. The van der Waals surface area contributed by atoms with Gasteiger partial charge in [0.1, 0.15) is 0 Å². The predicted molar refractivity (Wildman–Crippen MR) is 45.1 cm³/mol. The molecule has 6 N–H and O–H groups in total. The molecule has 0 saturated heterocycles. The largest absolute Gasteiger partial charge is 0.481 e. The minimum Gasteiger partial charge on any atom is -0.481 e. The van der Waals surface area contributed by atoms with Gasteiger partial charge in [0.2, 0.25) is 0 Å². The smallest absolute Gasteiger partial charge is 0.305 e. The molecule has 0 aliphatic heterocycles. The normalized spacial score (nSPS) is 11.2. The van der Waals surface area contributed by atoms with E-state index in [0.29, 0.717) is 0 Å². The maximum Gasteiger partial charge on any atom is 0.305 e. The molecule has 13 heavy (non-hydrogen) atoms. The standard InChI is InChI=1S/C7H14N2O4/c8-2-1-7(9,3-5(10)11)4-6(12)13/h1-4,8-9H2,(H,10,11)(H,12,13). The van der Waals surface area contributed by atoms with Crippen LogP contribution in [0.3, 0.4) is 0 Å². The molecular weight excluding hydrogens is 176 g/mol. The topological polar surface area (TPSA) is 127 Å². The second-order valence-corrected chi connectivity index (χ2v) is 3.04. The molecular formula is C7H14N2O4. The molecule has 0 amide bonds. The molecule has 0 spiro atoms. The van der Waals surface area contributed by atoms with Gasteiger partial charge in [-0.3, -0.25) is 9.59 Å². The molecule has 6 heteroatoms. The number of carboxylic acids is 2. The molecule has 0 rings (SSSR count). The van der Waals surface area contributed by atoms with Crippen molar-refractivity contribution in [1.82, 2.24) is 0 Å². The van der Waals surface area contributed by atoms with Crippen LogP contribution in [0, 0.1) is 0 Å². The van der Waals surface area contributed by atoms with E-state index in [2.05, 4.69) is 0 Å². The number of carboxylic acid groups (broad SMARTS) is 2. The fraction of sp³-hybridized carbons (Fsp3) is 0.714. The first-order valence-electron chi connectivity index (χ1n) is 3.82. The first kappa shape index (κ1) is 11.9. The van der Waals surface area contributed by atoms with Crippen molar-refractivity contribution in [2.45, 2.75) is 24.8 Å². The summed E-state index contributed by atoms with van der Waals surface area (Å²) in [4.78, 5) is 20.7. The van der Waals surface area contributed by atoms with E-state index in [-0.39, 0.29) is 25.8 Å². The Morgan fingerprint density at radius 1 is 1.15 bits per heavy atom. The molecule has 0 bridgehead atoms. The minimum atomic E-state index is -1.23. The van der Waals surface area contributed by atoms with Gasteiger partial charge in [-0.15, -0.1) is 0 Å². The fourth-order valence-corrected chi connectivity index (χ4v) is 1.13. The third-order valence-electron chi connectivity index (χ3n) is 1.65. The van der Waals surface area contributed by atoms with Crippen molar-refractivity contribution in [3.63, 3.8) is 0 Å². The molecule has 0 atom stereocenters. The lowest BCUT2D eigenvalue weighted by Gasteiger charge is -2.24. The summed E-state index contributed by atoms with van der Waals surface area (Å²) >= 11 is 0. The van der Waals surface area contributed by atoms with Crippen molar-refractivity contribution in [2.24, 2.45) is 11.5 Å². The summed E-state index contributed by atoms with van der Waals surface area (Å²) in [7, 11) is 0. The molecule has 0 unspecified atom stereocenters. The molecule has 0 saturated carbocycles. The molecule has 0 radical (unpaired) electrons. The van der Waals surface area contributed by atoms with E-state index in [1.165, 1.54) is 0 Å². The summed E-state index contributed by atoms with van der Waals surface area (Å²) in [5.74, 6) is -2.23. The van der Waals surface area contributed by atoms with Crippen molar-refractivity contribution in [2.75, 3.05) is 6.54 Å². The lowest BCUT2D eigenvalue weighted by Crippen LogP contribution is -2.45. The molecule has 0 fully saturated rings. The van der Waals surface area contributed by atoms with E-state index in [1.807, 2.05) is 0 Å². The summed E-state index contributed by atoms with van der Waals surface area (Å²) in [6.07, 6.45) is -0.571. The van der Waals surface area contributed by atoms with Crippen LogP contribution in [0.5, 0.6) is 0 Å². The van der Waals surface area contributed by atoms with Gasteiger partial charge in [-0.05, 0) is 13.0 Å². The highest BCUT2D eigenvalue weighted by Gasteiger charge is 2.30. The van der Waals surface area contributed by atoms with Crippen LogP contribution < -0.4 is 11.5 Å². The maximum atomic E-state index is 10.4. The Bertz CT molecular complexity index is 189. The van der Waals surface area contributed by atoms with E-state index < -0.39 is 17.5 Å². The second kappa shape index (κ2) is 4.78. The summed E-state index contributed by atoms with van der Waals surface area (Å²) in [6.45, 7) is 0.178. The number of hydrogen-bond acceptors (Lipinski definition) is 4. The number of carbonyl (C=O) groups is 2. The van der Waals surface area contributed by atoms with E-state index >= 15 is 0 Å². The molecule has 6 nitrogen and oxygen atoms in total. The van der Waals surface area contributed by atoms with Crippen molar-refractivity contribution in [3.05, 3.63) is 0 Å². The zero-order chi connectivity index (χ0) is 10.5. The van der Waals surface area contributed by atoms with Gasteiger partial charge >= 0.3 is 11.9 Å². The van der Waals surface area contributed by atoms with E-state index in [1.54, 1.807) is 0 Å². The Kier molecular flexibility index (Phi) is 4.36. The Balaban J connectivity index is 4.32. The van der Waals surface area contributed by atoms with Crippen LogP contribution in [0.4, 0.5) is 0 Å². The van der Waals surface area contributed by atoms with Gasteiger partial charge in [0.05, 0.1) is 12.8 Å². The summed E-state index contributed by atoms with van der Waals surface area (Å²) in [6, 6.07) is 0. The molecule has 0 aliphatic carbocycles. The lowest BCUT2D eigenvalue weighted by atomic mass is 9.89. The minimum absolute atomic E-state index is 0.178. The Morgan fingerprint density at radius 3 is 1.77 bits per heavy atom. The highest BCUT2D eigenvalue weighted by molar-refractivity contribution is 5.73. The summed E-state index contributed by atoms with van der Waals surface area (Å²) < 4.78 is 0. The van der Waals surface area contributed by atoms with Crippen molar-refractivity contribution in [3.8, 4) is 0 Å². The number of rotatable bonds is 6. The van der Waals surface area contributed by atoms with Crippen LogP contribution in [0.2, 0.25) is 0 Å². The molecule has 0 aromatic carbocycles. The van der Waals surface area contributed by atoms with Gasteiger partial charge in [-0.25, -0.2) is 0 Å². The van der Waals surface area contributed by atoms with Crippen molar-refractivity contribution in [1.29, 1.82) is 0 Å². The van der Waals surface area contributed by atoms with Gasteiger partial charge in [-0.1, -0.05) is 0 Å². The van der Waals surface area contributed by atoms with Gasteiger partial charge < -0.3 is 21.7 Å². The zero-order valence-electron chi connectivity index (χ0n) is 7.19. The molecule has 76 valence electrons. The molecule has 0 aromatic rings. The maximum absolute atomic E-state index is 10.4. The average Bonchev–Trinajstić information content (AvgIpc) is 1.81. The SMILES string of the molecule is NCCC(N)(CC(=O)O)CC(=O)O. The first-order chi connectivity index (χ1) is 5.89. The van der Waals surface area contributed by atoms with Crippen LogP contribution in [0.15, 0.2) is 0 Å².